The van der Waals surface area contributed by atoms with Crippen molar-refractivity contribution in [1.82, 2.24) is 0 Å². The molecule has 3 nitrogen and oxygen atoms in total. The van der Waals surface area contributed by atoms with Gasteiger partial charge in [0.05, 0.1) is 4.34 Å². The van der Waals surface area contributed by atoms with Gasteiger partial charge in [0.1, 0.15) is 0 Å². The molecule has 0 unspecified atom stereocenters. The monoisotopic (exact) mass is 279 g/mol. The maximum atomic E-state index is 5.85. The number of hydrogen-bond acceptors (Lipinski definition) is 2. The van der Waals surface area contributed by atoms with E-state index in [1.54, 1.807) is 11.3 Å². The topological polar surface area (TPSA) is 50.4 Å². The number of halogens is 1. The van der Waals surface area contributed by atoms with E-state index in [0.29, 0.717) is 12.5 Å². The van der Waals surface area contributed by atoms with Crippen molar-refractivity contribution in [2.24, 2.45) is 10.7 Å². The summed E-state index contributed by atoms with van der Waals surface area (Å²) in [6.45, 7) is 0.655. The largest absolute Gasteiger partial charge is 0.370 e. The maximum absolute atomic E-state index is 5.85. The third kappa shape index (κ3) is 4.05. The van der Waals surface area contributed by atoms with Crippen LogP contribution in [0, 0.1) is 0 Å². The van der Waals surface area contributed by atoms with Gasteiger partial charge in [-0.15, -0.1) is 11.3 Å². The molecule has 2 aromatic rings. The number of guanidine groups is 1. The molecule has 0 aliphatic carbocycles. The standard InChI is InChI=1S/C13H14ClN3S/c14-12-7-6-11(18-12)8-9-16-13(15)17-10-4-2-1-3-5-10/h1-7H,8-9H2,(H3,15,16,17). The molecule has 94 valence electrons. The fourth-order valence-electron chi connectivity index (χ4n) is 1.48. The number of nitrogens with two attached hydrogens (primary N) is 1. The van der Waals surface area contributed by atoms with Gasteiger partial charge in [-0.05, 0) is 24.3 Å². The SMILES string of the molecule is NC(=NCCc1ccc(Cl)s1)Nc1ccccc1. The summed E-state index contributed by atoms with van der Waals surface area (Å²) >= 11 is 7.43. The summed E-state index contributed by atoms with van der Waals surface area (Å²) in [6.07, 6.45) is 0.856. The minimum atomic E-state index is 0.434. The lowest BCUT2D eigenvalue weighted by Gasteiger charge is -2.04. The number of benzene rings is 1. The first-order valence-corrected chi connectivity index (χ1v) is 6.80. The molecule has 0 aliphatic rings. The van der Waals surface area contributed by atoms with E-state index < -0.39 is 0 Å². The molecule has 0 aliphatic heterocycles. The molecule has 0 radical (unpaired) electrons. The first kappa shape index (κ1) is 12.9. The van der Waals surface area contributed by atoms with E-state index in [0.717, 1.165) is 16.4 Å². The minimum absolute atomic E-state index is 0.434. The van der Waals surface area contributed by atoms with Gasteiger partial charge in [-0.2, -0.15) is 0 Å². The van der Waals surface area contributed by atoms with Crippen LogP contribution in [0.2, 0.25) is 4.34 Å². The number of hydrogen-bond donors (Lipinski definition) is 2. The number of nitrogens with zero attached hydrogens (tertiary/aromatic N) is 1. The van der Waals surface area contributed by atoms with Gasteiger partial charge >= 0.3 is 0 Å². The van der Waals surface area contributed by atoms with Crippen LogP contribution in [0.1, 0.15) is 4.88 Å². The highest BCUT2D eigenvalue weighted by Crippen LogP contribution is 2.21. The lowest BCUT2D eigenvalue weighted by molar-refractivity contribution is 0.983. The first-order valence-electron chi connectivity index (χ1n) is 5.60. The maximum Gasteiger partial charge on any atom is 0.193 e. The van der Waals surface area contributed by atoms with Gasteiger partial charge in [-0.25, -0.2) is 0 Å². The highest BCUT2D eigenvalue weighted by Gasteiger charge is 1.98. The molecule has 0 saturated carbocycles. The van der Waals surface area contributed by atoms with Crippen molar-refractivity contribution >= 4 is 34.6 Å². The average molecular weight is 280 g/mol. The Bertz CT molecular complexity index is 522. The average Bonchev–Trinajstić information content (AvgIpc) is 2.76. The van der Waals surface area contributed by atoms with Gasteiger partial charge in [-0.1, -0.05) is 29.8 Å². The highest BCUT2D eigenvalue weighted by molar-refractivity contribution is 7.16. The zero-order valence-electron chi connectivity index (χ0n) is 9.77. The zero-order valence-corrected chi connectivity index (χ0v) is 11.3. The molecule has 1 aromatic carbocycles. The van der Waals surface area contributed by atoms with Crippen molar-refractivity contribution in [3.8, 4) is 0 Å². The van der Waals surface area contributed by atoms with Crippen LogP contribution in [-0.4, -0.2) is 12.5 Å². The zero-order chi connectivity index (χ0) is 12.8. The van der Waals surface area contributed by atoms with Crippen molar-refractivity contribution in [3.63, 3.8) is 0 Å². The summed E-state index contributed by atoms with van der Waals surface area (Å²) in [6, 6.07) is 13.7. The van der Waals surface area contributed by atoms with Crippen LogP contribution in [0.15, 0.2) is 47.5 Å². The summed E-state index contributed by atoms with van der Waals surface area (Å²) in [7, 11) is 0. The van der Waals surface area contributed by atoms with E-state index in [-0.39, 0.29) is 0 Å². The molecule has 5 heteroatoms. The Morgan fingerprint density at radius 1 is 1.22 bits per heavy atom. The van der Waals surface area contributed by atoms with Gasteiger partial charge < -0.3 is 11.1 Å². The summed E-state index contributed by atoms with van der Waals surface area (Å²) in [5.74, 6) is 0.434. The number of para-hydroxylation sites is 1. The molecule has 0 spiro atoms. The number of rotatable bonds is 4. The number of thiophene rings is 1. The third-order valence-electron chi connectivity index (χ3n) is 2.32. The molecule has 0 fully saturated rings. The normalized spacial score (nSPS) is 11.5. The van der Waals surface area contributed by atoms with Crippen LogP contribution in [0.4, 0.5) is 5.69 Å². The molecule has 0 amide bonds. The molecule has 2 rings (SSSR count). The van der Waals surface area contributed by atoms with Crippen LogP contribution >= 0.6 is 22.9 Å². The van der Waals surface area contributed by atoms with Gasteiger partial charge in [-0.3, -0.25) is 4.99 Å². The third-order valence-corrected chi connectivity index (χ3v) is 3.61. The van der Waals surface area contributed by atoms with Gasteiger partial charge in [0.25, 0.3) is 0 Å². The van der Waals surface area contributed by atoms with Gasteiger partial charge in [0.15, 0.2) is 5.96 Å². The van der Waals surface area contributed by atoms with Crippen LogP contribution in [-0.2, 0) is 6.42 Å². The Morgan fingerprint density at radius 3 is 2.67 bits per heavy atom. The van der Waals surface area contributed by atoms with E-state index in [4.69, 9.17) is 17.3 Å². The molecule has 1 heterocycles. The highest BCUT2D eigenvalue weighted by atomic mass is 35.5. The number of aliphatic imine (C=N–C) groups is 1. The fraction of sp³-hybridized carbons (Fsp3) is 0.154. The Hall–Kier alpha value is -1.52. The van der Waals surface area contributed by atoms with Gasteiger partial charge in [0, 0.05) is 23.5 Å². The van der Waals surface area contributed by atoms with Crippen LogP contribution in [0.3, 0.4) is 0 Å². The molecule has 0 atom stereocenters. The van der Waals surface area contributed by atoms with E-state index in [1.807, 2.05) is 42.5 Å². The Kier molecular flexibility index (Phi) is 4.61. The summed E-state index contributed by atoms with van der Waals surface area (Å²) < 4.78 is 0.810. The van der Waals surface area contributed by atoms with Gasteiger partial charge in [0.2, 0.25) is 0 Å². The quantitative estimate of drug-likeness (QED) is 0.666. The van der Waals surface area contributed by atoms with Crippen molar-refractivity contribution in [2.45, 2.75) is 6.42 Å². The van der Waals surface area contributed by atoms with Crippen LogP contribution in [0.25, 0.3) is 0 Å². The fourth-order valence-corrected chi connectivity index (χ4v) is 2.56. The molecule has 3 N–H and O–H groups in total. The lowest BCUT2D eigenvalue weighted by Crippen LogP contribution is -2.22. The van der Waals surface area contributed by atoms with E-state index >= 15 is 0 Å². The second-order valence-electron chi connectivity index (χ2n) is 3.71. The summed E-state index contributed by atoms with van der Waals surface area (Å²) in [5, 5.41) is 3.04. The van der Waals surface area contributed by atoms with Crippen molar-refractivity contribution in [1.29, 1.82) is 0 Å². The Morgan fingerprint density at radius 2 is 2.00 bits per heavy atom. The molecule has 1 aromatic heterocycles. The van der Waals surface area contributed by atoms with Crippen molar-refractivity contribution in [3.05, 3.63) is 51.7 Å². The Balaban J connectivity index is 1.82. The second-order valence-corrected chi connectivity index (χ2v) is 5.51. The number of nitrogens with one attached hydrogen (secondary N) is 1. The predicted octanol–water partition coefficient (Wildman–Crippen LogP) is 3.37. The van der Waals surface area contributed by atoms with E-state index in [1.165, 1.54) is 4.88 Å². The molecular weight excluding hydrogens is 266 g/mol. The molecular formula is C13H14ClN3S. The molecule has 0 saturated heterocycles. The van der Waals surface area contributed by atoms with E-state index in [2.05, 4.69) is 10.3 Å². The van der Waals surface area contributed by atoms with E-state index in [9.17, 15) is 0 Å². The summed E-state index contributed by atoms with van der Waals surface area (Å²) in [5.41, 5.74) is 6.73. The van der Waals surface area contributed by atoms with Crippen LogP contribution < -0.4 is 11.1 Å². The van der Waals surface area contributed by atoms with Crippen molar-refractivity contribution in [2.75, 3.05) is 11.9 Å². The first-order chi connectivity index (χ1) is 8.74. The van der Waals surface area contributed by atoms with Crippen LogP contribution in [0.5, 0.6) is 0 Å². The molecule has 18 heavy (non-hydrogen) atoms. The summed E-state index contributed by atoms with van der Waals surface area (Å²) in [4.78, 5) is 5.49. The second kappa shape index (κ2) is 6.42. The Labute approximate surface area is 115 Å². The minimum Gasteiger partial charge on any atom is -0.370 e. The predicted molar refractivity (Wildman–Crippen MR) is 79.6 cm³/mol. The lowest BCUT2D eigenvalue weighted by atomic mass is 10.3. The van der Waals surface area contributed by atoms with Crippen molar-refractivity contribution < 1.29 is 0 Å². The smallest absolute Gasteiger partial charge is 0.193 e. The molecule has 0 bridgehead atoms. The number of anilines is 1.